The number of aryl methyl sites for hydroxylation is 2. The molecule has 2 aromatic rings. The van der Waals surface area contributed by atoms with E-state index in [1.807, 2.05) is 31.2 Å². The number of hydrogen-bond acceptors (Lipinski definition) is 2. The predicted molar refractivity (Wildman–Crippen MR) is 76.9 cm³/mol. The van der Waals surface area contributed by atoms with Crippen molar-refractivity contribution < 1.29 is 13.9 Å². The first-order chi connectivity index (χ1) is 9.51. The highest BCUT2D eigenvalue weighted by Gasteiger charge is 2.16. The Morgan fingerprint density at radius 1 is 1.20 bits per heavy atom. The first-order valence-corrected chi connectivity index (χ1v) is 6.44. The fraction of sp³-hybridized carbons (Fsp3) is 0.235. The van der Waals surface area contributed by atoms with Gasteiger partial charge < -0.3 is 4.74 Å². The number of halogens is 1. The highest BCUT2D eigenvalue weighted by Crippen LogP contribution is 2.19. The highest BCUT2D eigenvalue weighted by molar-refractivity contribution is 5.99. The Labute approximate surface area is 118 Å². The van der Waals surface area contributed by atoms with Crippen molar-refractivity contribution in [3.63, 3.8) is 0 Å². The quantitative estimate of drug-likeness (QED) is 0.790. The third-order valence-corrected chi connectivity index (χ3v) is 3.21. The fourth-order valence-corrected chi connectivity index (χ4v) is 2.33. The van der Waals surface area contributed by atoms with E-state index in [4.69, 9.17) is 4.74 Å². The van der Waals surface area contributed by atoms with E-state index in [-0.39, 0.29) is 17.8 Å². The highest BCUT2D eigenvalue weighted by atomic mass is 19.1. The number of benzene rings is 2. The number of hydrogen-bond donors (Lipinski definition) is 0. The number of ketones is 1. The molecule has 0 bridgehead atoms. The van der Waals surface area contributed by atoms with Crippen molar-refractivity contribution in [2.75, 3.05) is 7.11 Å². The molecule has 0 aromatic heterocycles. The molecule has 0 aliphatic rings. The van der Waals surface area contributed by atoms with Crippen LogP contribution in [0.1, 0.15) is 27.0 Å². The molecule has 3 heteroatoms. The fourth-order valence-electron chi connectivity index (χ4n) is 2.33. The Morgan fingerprint density at radius 2 is 1.95 bits per heavy atom. The van der Waals surface area contributed by atoms with Crippen LogP contribution in [0, 0.1) is 19.7 Å². The molecular formula is C17H17FO2. The van der Waals surface area contributed by atoms with Gasteiger partial charge in [0.2, 0.25) is 0 Å². The lowest BCUT2D eigenvalue weighted by Crippen LogP contribution is -2.09. The third kappa shape index (κ3) is 3.05. The van der Waals surface area contributed by atoms with Crippen LogP contribution in [0.5, 0.6) is 5.75 Å². The standard InChI is InChI=1S/C17H17FO2/c1-11-7-12(2)17(15(18)8-11)16(19)10-13-5-4-6-14(9-13)20-3/h4-9H,10H2,1-3H3. The number of rotatable bonds is 4. The van der Waals surface area contributed by atoms with Gasteiger partial charge in [0.15, 0.2) is 5.78 Å². The zero-order valence-corrected chi connectivity index (χ0v) is 11.9. The SMILES string of the molecule is COc1cccc(CC(=O)c2c(C)cc(C)cc2F)c1. The van der Waals surface area contributed by atoms with Crippen LogP contribution in [0.3, 0.4) is 0 Å². The van der Waals surface area contributed by atoms with Crippen molar-refractivity contribution in [3.8, 4) is 5.75 Å². The van der Waals surface area contributed by atoms with E-state index in [0.29, 0.717) is 11.3 Å². The molecule has 0 saturated carbocycles. The molecule has 20 heavy (non-hydrogen) atoms. The van der Waals surface area contributed by atoms with Crippen molar-refractivity contribution in [1.29, 1.82) is 0 Å². The maximum absolute atomic E-state index is 14.0. The lowest BCUT2D eigenvalue weighted by molar-refractivity contribution is 0.0988. The largest absolute Gasteiger partial charge is 0.497 e. The van der Waals surface area contributed by atoms with Gasteiger partial charge in [-0.05, 0) is 48.7 Å². The van der Waals surface area contributed by atoms with Crippen LogP contribution in [-0.4, -0.2) is 12.9 Å². The molecule has 104 valence electrons. The summed E-state index contributed by atoms with van der Waals surface area (Å²) in [5, 5.41) is 0. The molecule has 0 N–H and O–H groups in total. The van der Waals surface area contributed by atoms with Crippen molar-refractivity contribution in [1.82, 2.24) is 0 Å². The van der Waals surface area contributed by atoms with Crippen LogP contribution in [0.15, 0.2) is 36.4 Å². The molecule has 0 saturated heterocycles. The Hall–Kier alpha value is -2.16. The summed E-state index contributed by atoms with van der Waals surface area (Å²) < 4.78 is 19.1. The van der Waals surface area contributed by atoms with Gasteiger partial charge in [0.1, 0.15) is 11.6 Å². The maximum Gasteiger partial charge on any atom is 0.170 e. The van der Waals surface area contributed by atoms with Crippen LogP contribution < -0.4 is 4.74 Å². The summed E-state index contributed by atoms with van der Waals surface area (Å²) in [5.41, 5.74) is 2.49. The Kier molecular flexibility index (Phi) is 4.18. The van der Waals surface area contributed by atoms with Gasteiger partial charge in [-0.3, -0.25) is 4.79 Å². The molecule has 0 spiro atoms. The zero-order chi connectivity index (χ0) is 14.7. The predicted octanol–water partition coefficient (Wildman–Crippen LogP) is 3.88. The molecule has 0 heterocycles. The normalized spacial score (nSPS) is 10.4. The second-order valence-corrected chi connectivity index (χ2v) is 4.89. The van der Waals surface area contributed by atoms with Crippen LogP contribution in [0.25, 0.3) is 0 Å². The van der Waals surface area contributed by atoms with Crippen LogP contribution >= 0.6 is 0 Å². The summed E-state index contributed by atoms with van der Waals surface area (Å²) in [4.78, 5) is 12.3. The summed E-state index contributed by atoms with van der Waals surface area (Å²) in [6, 6.07) is 10.5. The zero-order valence-electron chi connectivity index (χ0n) is 11.9. The van der Waals surface area contributed by atoms with Crippen molar-refractivity contribution in [2.24, 2.45) is 0 Å². The molecule has 0 aliphatic heterocycles. The average Bonchev–Trinajstić information content (AvgIpc) is 2.37. The van der Waals surface area contributed by atoms with Gasteiger partial charge >= 0.3 is 0 Å². The summed E-state index contributed by atoms with van der Waals surface area (Å²) in [6.07, 6.45) is 0.165. The smallest absolute Gasteiger partial charge is 0.170 e. The Morgan fingerprint density at radius 3 is 2.60 bits per heavy atom. The van der Waals surface area contributed by atoms with E-state index >= 15 is 0 Å². The first kappa shape index (κ1) is 14.3. The van der Waals surface area contributed by atoms with Crippen LogP contribution in [0.4, 0.5) is 4.39 Å². The average molecular weight is 272 g/mol. The molecule has 0 fully saturated rings. The van der Waals surface area contributed by atoms with E-state index in [1.54, 1.807) is 20.1 Å². The molecule has 2 aromatic carbocycles. The lowest BCUT2D eigenvalue weighted by atomic mass is 9.97. The second-order valence-electron chi connectivity index (χ2n) is 4.89. The first-order valence-electron chi connectivity index (χ1n) is 6.44. The third-order valence-electron chi connectivity index (χ3n) is 3.21. The topological polar surface area (TPSA) is 26.3 Å². The second kappa shape index (κ2) is 5.87. The van der Waals surface area contributed by atoms with Gasteiger partial charge in [-0.1, -0.05) is 18.2 Å². The Balaban J connectivity index is 2.28. The van der Waals surface area contributed by atoms with Gasteiger partial charge in [0, 0.05) is 6.42 Å². The van der Waals surface area contributed by atoms with E-state index in [9.17, 15) is 9.18 Å². The number of methoxy groups -OCH3 is 1. The molecule has 0 aliphatic carbocycles. The number of Topliss-reactive ketones (excluding diaryl/α,β-unsaturated/α-hetero) is 1. The Bertz CT molecular complexity index is 624. The summed E-state index contributed by atoms with van der Waals surface area (Å²) in [6.45, 7) is 3.57. The van der Waals surface area contributed by atoms with Crippen LogP contribution in [-0.2, 0) is 6.42 Å². The monoisotopic (exact) mass is 272 g/mol. The minimum absolute atomic E-state index is 0.165. The van der Waals surface area contributed by atoms with E-state index in [0.717, 1.165) is 11.1 Å². The van der Waals surface area contributed by atoms with E-state index in [2.05, 4.69) is 0 Å². The van der Waals surface area contributed by atoms with E-state index in [1.165, 1.54) is 6.07 Å². The minimum atomic E-state index is -0.449. The van der Waals surface area contributed by atoms with Gasteiger partial charge in [-0.2, -0.15) is 0 Å². The molecular weight excluding hydrogens is 255 g/mol. The number of ether oxygens (including phenoxy) is 1. The molecule has 0 radical (unpaired) electrons. The summed E-state index contributed by atoms with van der Waals surface area (Å²) >= 11 is 0. The molecule has 0 unspecified atom stereocenters. The number of carbonyl (C=O) groups is 1. The summed E-state index contributed by atoms with van der Waals surface area (Å²) in [5.74, 6) is 0.0278. The molecule has 2 nitrogen and oxygen atoms in total. The molecule has 0 atom stereocenters. The lowest BCUT2D eigenvalue weighted by Gasteiger charge is -2.09. The van der Waals surface area contributed by atoms with Crippen LogP contribution in [0.2, 0.25) is 0 Å². The van der Waals surface area contributed by atoms with Crippen molar-refractivity contribution in [2.45, 2.75) is 20.3 Å². The van der Waals surface area contributed by atoms with Gasteiger partial charge in [-0.25, -0.2) is 4.39 Å². The van der Waals surface area contributed by atoms with Crippen molar-refractivity contribution >= 4 is 5.78 Å². The van der Waals surface area contributed by atoms with Crippen molar-refractivity contribution in [3.05, 3.63) is 64.5 Å². The van der Waals surface area contributed by atoms with E-state index < -0.39 is 5.82 Å². The van der Waals surface area contributed by atoms with Gasteiger partial charge in [0.25, 0.3) is 0 Å². The van der Waals surface area contributed by atoms with Gasteiger partial charge in [-0.15, -0.1) is 0 Å². The van der Waals surface area contributed by atoms with Gasteiger partial charge in [0.05, 0.1) is 12.7 Å². The maximum atomic E-state index is 14.0. The minimum Gasteiger partial charge on any atom is -0.497 e. The number of carbonyl (C=O) groups excluding carboxylic acids is 1. The molecule has 0 amide bonds. The molecule has 2 rings (SSSR count). The summed E-state index contributed by atoms with van der Waals surface area (Å²) in [7, 11) is 1.57.